The highest BCUT2D eigenvalue weighted by Gasteiger charge is 2.23. The summed E-state index contributed by atoms with van der Waals surface area (Å²) < 4.78 is 10.3. The maximum atomic E-state index is 12.5. The Morgan fingerprint density at radius 3 is 2.52 bits per heavy atom. The minimum Gasteiger partial charge on any atom is -0.497 e. The quantitative estimate of drug-likeness (QED) is 0.457. The van der Waals surface area contributed by atoms with Crippen LogP contribution in [-0.2, 0) is 32.1 Å². The lowest BCUT2D eigenvalue weighted by molar-refractivity contribution is -0.151. The molecule has 3 N–H and O–H groups in total. The number of carbonyl (C=O) groups excluding carboxylic acids is 3. The van der Waals surface area contributed by atoms with Crippen LogP contribution in [0.15, 0.2) is 54.7 Å². The Hall–Kier alpha value is -3.81. The summed E-state index contributed by atoms with van der Waals surface area (Å²) in [4.78, 5) is 39.3. The van der Waals surface area contributed by atoms with Crippen molar-refractivity contribution in [3.63, 3.8) is 0 Å². The van der Waals surface area contributed by atoms with Crippen molar-refractivity contribution in [2.45, 2.75) is 25.9 Å². The van der Waals surface area contributed by atoms with Crippen molar-refractivity contribution in [2.75, 3.05) is 13.7 Å². The number of carbonyl (C=O) groups is 3. The predicted molar refractivity (Wildman–Crippen MR) is 115 cm³/mol. The molecule has 31 heavy (non-hydrogen) atoms. The molecule has 3 rings (SSSR count). The first kappa shape index (κ1) is 21.9. The van der Waals surface area contributed by atoms with Crippen LogP contribution in [0, 0.1) is 0 Å². The molecule has 0 aliphatic heterocycles. The van der Waals surface area contributed by atoms with E-state index in [1.165, 1.54) is 6.92 Å². The van der Waals surface area contributed by atoms with Crippen molar-refractivity contribution in [1.82, 2.24) is 15.6 Å². The summed E-state index contributed by atoms with van der Waals surface area (Å²) in [6.45, 7) is 1.20. The normalized spacial score (nSPS) is 11.5. The van der Waals surface area contributed by atoms with Gasteiger partial charge in [-0.3, -0.25) is 9.59 Å². The zero-order valence-corrected chi connectivity index (χ0v) is 17.4. The highest BCUT2D eigenvalue weighted by atomic mass is 16.5. The lowest BCUT2D eigenvalue weighted by atomic mass is 10.0. The molecule has 0 aliphatic carbocycles. The first-order valence-electron chi connectivity index (χ1n) is 9.84. The van der Waals surface area contributed by atoms with Gasteiger partial charge in [0.25, 0.3) is 5.91 Å². The van der Waals surface area contributed by atoms with Crippen LogP contribution in [0.3, 0.4) is 0 Å². The summed E-state index contributed by atoms with van der Waals surface area (Å²) in [6.07, 6.45) is 2.05. The summed E-state index contributed by atoms with van der Waals surface area (Å²) in [5.41, 5.74) is 2.69. The second-order valence-electron chi connectivity index (χ2n) is 7.05. The van der Waals surface area contributed by atoms with Gasteiger partial charge in [0.2, 0.25) is 5.91 Å². The van der Waals surface area contributed by atoms with Gasteiger partial charge in [0, 0.05) is 37.0 Å². The van der Waals surface area contributed by atoms with E-state index in [1.54, 1.807) is 25.4 Å². The Kier molecular flexibility index (Phi) is 7.26. The van der Waals surface area contributed by atoms with E-state index in [4.69, 9.17) is 9.47 Å². The van der Waals surface area contributed by atoms with Gasteiger partial charge in [0.15, 0.2) is 6.61 Å². The van der Waals surface area contributed by atoms with Crippen LogP contribution < -0.4 is 15.4 Å². The second-order valence-corrected chi connectivity index (χ2v) is 7.05. The van der Waals surface area contributed by atoms with Crippen molar-refractivity contribution in [2.24, 2.45) is 0 Å². The van der Waals surface area contributed by atoms with E-state index < -0.39 is 24.5 Å². The first-order valence-corrected chi connectivity index (χ1v) is 9.84. The van der Waals surface area contributed by atoms with E-state index in [0.717, 1.165) is 27.8 Å². The van der Waals surface area contributed by atoms with Gasteiger partial charge in [-0.05, 0) is 29.3 Å². The smallest absolute Gasteiger partial charge is 0.329 e. The molecule has 8 nitrogen and oxygen atoms in total. The number of H-pyrrole nitrogens is 1. The van der Waals surface area contributed by atoms with Crippen molar-refractivity contribution in [1.29, 1.82) is 0 Å². The predicted octanol–water partition coefficient (Wildman–Crippen LogP) is 2.08. The van der Waals surface area contributed by atoms with E-state index in [2.05, 4.69) is 15.6 Å². The van der Waals surface area contributed by atoms with Gasteiger partial charge in [-0.2, -0.15) is 0 Å². The Balaban J connectivity index is 1.54. The van der Waals surface area contributed by atoms with Crippen LogP contribution in [0.1, 0.15) is 18.1 Å². The number of amides is 2. The molecular weight excluding hydrogens is 398 g/mol. The summed E-state index contributed by atoms with van der Waals surface area (Å²) in [7, 11) is 1.58. The van der Waals surface area contributed by atoms with Crippen LogP contribution in [-0.4, -0.2) is 42.5 Å². The van der Waals surface area contributed by atoms with E-state index in [0.29, 0.717) is 6.54 Å². The number of rotatable bonds is 9. The highest BCUT2D eigenvalue weighted by molar-refractivity contribution is 5.88. The zero-order chi connectivity index (χ0) is 22.2. The van der Waals surface area contributed by atoms with Gasteiger partial charge < -0.3 is 25.1 Å². The van der Waals surface area contributed by atoms with Crippen LogP contribution in [0.4, 0.5) is 0 Å². The molecule has 8 heteroatoms. The van der Waals surface area contributed by atoms with Crippen LogP contribution in [0.2, 0.25) is 0 Å². The molecule has 3 aromatic rings. The average Bonchev–Trinajstić information content (AvgIpc) is 3.18. The summed E-state index contributed by atoms with van der Waals surface area (Å²) in [5, 5.41) is 6.26. The third kappa shape index (κ3) is 6.08. The Bertz CT molecular complexity index is 1060. The van der Waals surface area contributed by atoms with Gasteiger partial charge >= 0.3 is 5.97 Å². The van der Waals surface area contributed by atoms with Crippen molar-refractivity contribution in [3.05, 3.63) is 65.9 Å². The molecule has 2 aromatic carbocycles. The van der Waals surface area contributed by atoms with Gasteiger partial charge in [0.1, 0.15) is 11.8 Å². The Labute approximate surface area is 179 Å². The van der Waals surface area contributed by atoms with Gasteiger partial charge in [0.05, 0.1) is 7.11 Å². The fraction of sp³-hybridized carbons (Fsp3) is 0.261. The fourth-order valence-electron chi connectivity index (χ4n) is 3.19. The number of para-hydroxylation sites is 1. The largest absolute Gasteiger partial charge is 0.497 e. The number of aromatic amines is 1. The molecule has 1 atom stereocenters. The fourth-order valence-corrected chi connectivity index (χ4v) is 3.19. The Morgan fingerprint density at radius 1 is 1.06 bits per heavy atom. The number of esters is 1. The number of ether oxygens (including phenoxy) is 2. The number of fused-ring (bicyclic) bond motifs is 1. The van der Waals surface area contributed by atoms with Crippen LogP contribution in [0.25, 0.3) is 10.9 Å². The van der Waals surface area contributed by atoms with Gasteiger partial charge in [-0.25, -0.2) is 4.79 Å². The third-order valence-electron chi connectivity index (χ3n) is 4.76. The summed E-state index contributed by atoms with van der Waals surface area (Å²) in [6, 6.07) is 14.0. The monoisotopic (exact) mass is 423 g/mol. The number of aromatic nitrogens is 1. The lowest BCUT2D eigenvalue weighted by Crippen LogP contribution is -2.43. The zero-order valence-electron chi connectivity index (χ0n) is 17.4. The number of hydrogen-bond donors (Lipinski definition) is 3. The van der Waals surface area contributed by atoms with Crippen molar-refractivity contribution >= 4 is 28.7 Å². The maximum Gasteiger partial charge on any atom is 0.329 e. The molecule has 0 unspecified atom stereocenters. The molecular formula is C23H25N3O5. The van der Waals surface area contributed by atoms with E-state index in [1.807, 2.05) is 36.4 Å². The third-order valence-corrected chi connectivity index (χ3v) is 4.76. The lowest BCUT2D eigenvalue weighted by Gasteiger charge is -2.16. The molecule has 0 spiro atoms. The molecule has 1 heterocycles. The molecule has 0 saturated heterocycles. The molecule has 1 aromatic heterocycles. The van der Waals surface area contributed by atoms with Crippen LogP contribution in [0.5, 0.6) is 5.75 Å². The first-order chi connectivity index (χ1) is 15.0. The van der Waals surface area contributed by atoms with Gasteiger partial charge in [-0.1, -0.05) is 30.3 Å². The molecule has 2 amide bonds. The summed E-state index contributed by atoms with van der Waals surface area (Å²) >= 11 is 0. The average molecular weight is 423 g/mol. The molecule has 0 aliphatic rings. The number of benzene rings is 2. The van der Waals surface area contributed by atoms with E-state index in [-0.39, 0.29) is 12.3 Å². The molecule has 0 radical (unpaired) electrons. The SMILES string of the molecule is COc1ccc(CNC(=O)COC(=O)[C@H](Cc2c[nH]c3ccccc23)NC(C)=O)cc1. The highest BCUT2D eigenvalue weighted by Crippen LogP contribution is 2.19. The Morgan fingerprint density at radius 2 is 1.81 bits per heavy atom. The number of nitrogens with one attached hydrogen (secondary N) is 3. The van der Waals surface area contributed by atoms with Crippen LogP contribution >= 0.6 is 0 Å². The minimum atomic E-state index is -0.897. The number of hydrogen-bond acceptors (Lipinski definition) is 5. The molecule has 0 fully saturated rings. The van der Waals surface area contributed by atoms with E-state index >= 15 is 0 Å². The molecule has 0 bridgehead atoms. The van der Waals surface area contributed by atoms with Crippen molar-refractivity contribution in [3.8, 4) is 5.75 Å². The van der Waals surface area contributed by atoms with Gasteiger partial charge in [-0.15, -0.1) is 0 Å². The standard InChI is InChI=1S/C23H25N3O5/c1-15(27)26-21(11-17-13-24-20-6-4-3-5-19(17)20)23(29)31-14-22(28)25-12-16-7-9-18(30-2)10-8-16/h3-10,13,21,24H,11-12,14H2,1-2H3,(H,25,28)(H,26,27)/t21-/m0/s1. The topological polar surface area (TPSA) is 110 Å². The minimum absolute atomic E-state index is 0.246. The number of methoxy groups -OCH3 is 1. The molecule has 0 saturated carbocycles. The van der Waals surface area contributed by atoms with Crippen molar-refractivity contribution < 1.29 is 23.9 Å². The molecule has 162 valence electrons. The maximum absolute atomic E-state index is 12.5. The van der Waals surface area contributed by atoms with E-state index in [9.17, 15) is 14.4 Å². The second kappa shape index (κ2) is 10.3. The summed E-state index contributed by atoms with van der Waals surface area (Å²) in [5.74, 6) is -0.730.